The quantitative estimate of drug-likeness (QED) is 0.401. The molecule has 180 valence electrons. The molecule has 0 bridgehead atoms. The first-order valence-corrected chi connectivity index (χ1v) is 9.85. The van der Waals surface area contributed by atoms with Crippen LogP contribution < -0.4 is 10.1 Å². The second-order valence-electron chi connectivity index (χ2n) is 8.49. The van der Waals surface area contributed by atoms with Crippen LogP contribution in [-0.4, -0.2) is 48.1 Å². The molecule has 12 heteroatoms. The highest BCUT2D eigenvalue weighted by atomic mass is 19.2. The molecule has 0 saturated carbocycles. The van der Waals surface area contributed by atoms with E-state index in [9.17, 15) is 31.5 Å². The third kappa shape index (κ3) is 5.78. The van der Waals surface area contributed by atoms with Gasteiger partial charge in [-0.1, -0.05) is 13.8 Å². The van der Waals surface area contributed by atoms with E-state index in [0.717, 1.165) is 0 Å². The van der Waals surface area contributed by atoms with Crippen LogP contribution in [0.15, 0.2) is 0 Å². The lowest BCUT2D eigenvalue weighted by Crippen LogP contribution is -2.60. The van der Waals surface area contributed by atoms with Crippen molar-refractivity contribution in [3.8, 4) is 5.75 Å². The Bertz CT molecular complexity index is 846. The van der Waals surface area contributed by atoms with Gasteiger partial charge < -0.3 is 19.5 Å². The van der Waals surface area contributed by atoms with Gasteiger partial charge in [-0.2, -0.15) is 8.78 Å². The summed E-state index contributed by atoms with van der Waals surface area (Å²) in [5.41, 5.74) is -0.801. The fourth-order valence-electron chi connectivity index (χ4n) is 2.97. The van der Waals surface area contributed by atoms with Crippen molar-refractivity contribution >= 4 is 12.2 Å². The highest BCUT2D eigenvalue weighted by Gasteiger charge is 2.39. The van der Waals surface area contributed by atoms with Crippen molar-refractivity contribution in [2.24, 2.45) is 5.92 Å². The Labute approximate surface area is 181 Å². The lowest BCUT2D eigenvalue weighted by molar-refractivity contribution is -0.116. The molecule has 0 aromatic heterocycles. The predicted octanol–water partition coefficient (Wildman–Crippen LogP) is 4.48. The number of halogens is 5. The van der Waals surface area contributed by atoms with E-state index in [4.69, 9.17) is 9.47 Å². The summed E-state index contributed by atoms with van der Waals surface area (Å²) < 4.78 is 82.9. The van der Waals surface area contributed by atoms with Crippen LogP contribution in [0.2, 0.25) is 0 Å². The van der Waals surface area contributed by atoms with Crippen LogP contribution in [0.3, 0.4) is 0 Å². The summed E-state index contributed by atoms with van der Waals surface area (Å²) in [5, 5.41) is 2.28. The molecule has 1 heterocycles. The van der Waals surface area contributed by atoms with Crippen LogP contribution in [0.1, 0.15) is 41.0 Å². The van der Waals surface area contributed by atoms with Crippen molar-refractivity contribution in [3.63, 3.8) is 0 Å². The topological polar surface area (TPSA) is 77.1 Å². The SMILES string of the molecule is CC(C)[C@H](NC(=O)Oc1c(F)c(F)c(F)c(F)c1F)C1OCCCN1C(=O)OC(C)(C)C. The van der Waals surface area contributed by atoms with Gasteiger partial charge in [0, 0.05) is 6.54 Å². The monoisotopic (exact) mass is 468 g/mol. The maximum absolute atomic E-state index is 13.8. The summed E-state index contributed by atoms with van der Waals surface area (Å²) in [5.74, 6) is -13.6. The fraction of sp³-hybridized carbons (Fsp3) is 0.600. The van der Waals surface area contributed by atoms with E-state index >= 15 is 0 Å². The minimum atomic E-state index is -2.38. The molecule has 1 fully saturated rings. The second kappa shape index (κ2) is 9.88. The smallest absolute Gasteiger partial charge is 0.413 e. The lowest BCUT2D eigenvalue weighted by atomic mass is 10.0. The van der Waals surface area contributed by atoms with Crippen LogP contribution in [-0.2, 0) is 9.47 Å². The van der Waals surface area contributed by atoms with Gasteiger partial charge in [-0.05, 0) is 33.1 Å². The van der Waals surface area contributed by atoms with Gasteiger partial charge in [0.25, 0.3) is 0 Å². The standard InChI is InChI=1S/C20H25F5N2O5/c1-9(2)15(17-27(7-6-8-30-17)19(29)32-20(3,4)5)26-18(28)31-16-13(24)11(22)10(21)12(23)14(16)25/h9,15,17H,6-8H2,1-5H3,(H,26,28)/t15-,17?/m0/s1. The van der Waals surface area contributed by atoms with Gasteiger partial charge >= 0.3 is 12.2 Å². The Morgan fingerprint density at radius 2 is 1.56 bits per heavy atom. The molecule has 32 heavy (non-hydrogen) atoms. The molecular weight excluding hydrogens is 443 g/mol. The third-order valence-electron chi connectivity index (χ3n) is 4.44. The van der Waals surface area contributed by atoms with Crippen LogP contribution in [0, 0.1) is 35.0 Å². The zero-order valence-corrected chi connectivity index (χ0v) is 18.2. The number of benzene rings is 1. The Balaban J connectivity index is 2.24. The summed E-state index contributed by atoms with van der Waals surface area (Å²) in [6.45, 7) is 8.83. The van der Waals surface area contributed by atoms with Crippen molar-refractivity contribution in [2.45, 2.75) is 58.9 Å². The molecule has 1 aromatic rings. The number of nitrogens with zero attached hydrogens (tertiary/aromatic N) is 1. The zero-order valence-electron chi connectivity index (χ0n) is 18.2. The van der Waals surface area contributed by atoms with Gasteiger partial charge in [0.05, 0.1) is 12.6 Å². The zero-order chi connectivity index (χ0) is 24.4. The van der Waals surface area contributed by atoms with Gasteiger partial charge in [-0.25, -0.2) is 22.8 Å². The van der Waals surface area contributed by atoms with Crippen LogP contribution in [0.4, 0.5) is 31.5 Å². The molecule has 2 amide bonds. The maximum Gasteiger partial charge on any atom is 0.413 e. The lowest BCUT2D eigenvalue weighted by Gasteiger charge is -2.41. The molecule has 1 aromatic carbocycles. The van der Waals surface area contributed by atoms with Crippen LogP contribution >= 0.6 is 0 Å². The number of amides is 2. The van der Waals surface area contributed by atoms with Crippen molar-refractivity contribution in [3.05, 3.63) is 29.1 Å². The minimum Gasteiger partial charge on any atom is -0.444 e. The summed E-state index contributed by atoms with van der Waals surface area (Å²) in [4.78, 5) is 26.1. The Hall–Kier alpha value is -2.63. The van der Waals surface area contributed by atoms with E-state index in [0.29, 0.717) is 6.42 Å². The summed E-state index contributed by atoms with van der Waals surface area (Å²) >= 11 is 0. The molecule has 0 spiro atoms. The normalized spacial score (nSPS) is 17.8. The first-order chi connectivity index (χ1) is 14.7. The van der Waals surface area contributed by atoms with Crippen LogP contribution in [0.5, 0.6) is 5.75 Å². The first-order valence-electron chi connectivity index (χ1n) is 9.85. The highest BCUT2D eigenvalue weighted by Crippen LogP contribution is 2.29. The summed E-state index contributed by atoms with van der Waals surface area (Å²) in [6, 6.07) is -0.961. The number of rotatable bonds is 4. The number of hydrogen-bond acceptors (Lipinski definition) is 5. The molecule has 1 saturated heterocycles. The largest absolute Gasteiger partial charge is 0.444 e. The molecule has 1 aliphatic heterocycles. The average Bonchev–Trinajstić information content (AvgIpc) is 2.70. The first kappa shape index (κ1) is 25.6. The number of carbonyl (C=O) groups is 2. The van der Waals surface area contributed by atoms with Gasteiger partial charge in [0.1, 0.15) is 5.60 Å². The molecule has 2 rings (SSSR count). The molecule has 0 radical (unpaired) electrons. The minimum absolute atomic E-state index is 0.247. The second-order valence-corrected chi connectivity index (χ2v) is 8.49. The van der Waals surface area contributed by atoms with Gasteiger partial charge in [-0.15, -0.1) is 0 Å². The molecule has 1 unspecified atom stereocenters. The van der Waals surface area contributed by atoms with Crippen LogP contribution in [0.25, 0.3) is 0 Å². The third-order valence-corrected chi connectivity index (χ3v) is 4.44. The summed E-state index contributed by atoms with van der Waals surface area (Å²) in [7, 11) is 0. The van der Waals surface area contributed by atoms with Crippen molar-refractivity contribution in [1.82, 2.24) is 10.2 Å². The average molecular weight is 468 g/mol. The summed E-state index contributed by atoms with van der Waals surface area (Å²) in [6.07, 6.45) is -2.73. The number of nitrogens with one attached hydrogen (secondary N) is 1. The van der Waals surface area contributed by atoms with E-state index in [1.54, 1.807) is 34.6 Å². The van der Waals surface area contributed by atoms with Crippen molar-refractivity contribution in [2.75, 3.05) is 13.2 Å². The maximum atomic E-state index is 13.8. The predicted molar refractivity (Wildman–Crippen MR) is 101 cm³/mol. The number of ether oxygens (including phenoxy) is 3. The molecule has 2 atom stereocenters. The molecular formula is C20H25F5N2O5. The molecule has 1 N–H and O–H groups in total. The van der Waals surface area contributed by atoms with E-state index in [1.807, 2.05) is 0 Å². The van der Waals surface area contributed by atoms with Crippen molar-refractivity contribution < 1.29 is 45.8 Å². The van der Waals surface area contributed by atoms with E-state index in [2.05, 4.69) is 10.1 Å². The Morgan fingerprint density at radius 3 is 2.06 bits per heavy atom. The molecule has 0 aliphatic carbocycles. The van der Waals surface area contributed by atoms with Gasteiger partial charge in [0.2, 0.25) is 34.8 Å². The Morgan fingerprint density at radius 1 is 1.03 bits per heavy atom. The number of carbonyl (C=O) groups excluding carboxylic acids is 2. The number of hydrogen-bond donors (Lipinski definition) is 1. The van der Waals surface area contributed by atoms with Crippen molar-refractivity contribution in [1.29, 1.82) is 0 Å². The van der Waals surface area contributed by atoms with Gasteiger partial charge in [-0.3, -0.25) is 4.90 Å². The van der Waals surface area contributed by atoms with Gasteiger partial charge in [0.15, 0.2) is 6.23 Å². The Kier molecular flexibility index (Phi) is 7.92. The van der Waals surface area contributed by atoms with E-state index in [-0.39, 0.29) is 13.2 Å². The molecule has 7 nitrogen and oxygen atoms in total. The fourth-order valence-corrected chi connectivity index (χ4v) is 2.97. The van der Waals surface area contributed by atoms with E-state index in [1.165, 1.54) is 4.90 Å². The molecule has 1 aliphatic rings. The highest BCUT2D eigenvalue weighted by molar-refractivity contribution is 5.72. The van der Waals surface area contributed by atoms with E-state index < -0.39 is 70.8 Å².